The Morgan fingerprint density at radius 1 is 1.19 bits per heavy atom. The van der Waals surface area contributed by atoms with Gasteiger partial charge in [-0.2, -0.15) is 0 Å². The average molecular weight is 371 g/mol. The van der Waals surface area contributed by atoms with E-state index in [-0.39, 0.29) is 29.3 Å². The lowest BCUT2D eigenvalue weighted by Crippen LogP contribution is -2.36. The summed E-state index contributed by atoms with van der Waals surface area (Å²) >= 11 is 6.38. The van der Waals surface area contributed by atoms with Gasteiger partial charge in [-0.25, -0.2) is 4.39 Å². The molecular weight excluding hydrogens is 353 g/mol. The molecule has 0 saturated heterocycles. The van der Waals surface area contributed by atoms with Gasteiger partial charge in [0.2, 0.25) is 0 Å². The Bertz CT molecular complexity index is 895. The van der Waals surface area contributed by atoms with Crippen molar-refractivity contribution in [1.29, 1.82) is 0 Å². The van der Waals surface area contributed by atoms with Crippen LogP contribution in [0.3, 0.4) is 0 Å². The Morgan fingerprint density at radius 2 is 2.00 bits per heavy atom. The number of anilines is 1. The van der Waals surface area contributed by atoms with Crippen molar-refractivity contribution < 1.29 is 14.3 Å². The third-order valence-electron chi connectivity index (χ3n) is 6.63. The molecule has 2 aromatic rings. The van der Waals surface area contributed by atoms with Crippen LogP contribution in [0.4, 0.5) is 10.1 Å². The van der Waals surface area contributed by atoms with E-state index in [1.165, 1.54) is 6.07 Å². The normalized spacial score (nSPS) is 31.2. The van der Waals surface area contributed by atoms with Crippen molar-refractivity contribution in [2.45, 2.75) is 31.2 Å². The lowest BCUT2D eigenvalue weighted by atomic mass is 9.68. The van der Waals surface area contributed by atoms with Crippen LogP contribution in [0, 0.1) is 23.6 Å². The first-order chi connectivity index (χ1) is 12.5. The Labute approximate surface area is 156 Å². The van der Waals surface area contributed by atoms with Gasteiger partial charge in [-0.3, -0.25) is 0 Å². The molecule has 0 amide bonds. The van der Waals surface area contributed by atoms with Crippen molar-refractivity contribution in [2.24, 2.45) is 17.8 Å². The number of fused-ring (bicyclic) bond motifs is 7. The zero-order valence-electron chi connectivity index (χ0n) is 14.0. The molecule has 2 fully saturated rings. The molecule has 5 atom stereocenters. The van der Waals surface area contributed by atoms with Crippen LogP contribution in [0.1, 0.15) is 52.7 Å². The number of halogens is 2. The van der Waals surface area contributed by atoms with E-state index in [1.54, 1.807) is 30.3 Å². The Balaban J connectivity index is 1.67. The maximum Gasteiger partial charge on any atom is 0.129 e. The molecule has 5 rings (SSSR count). The molecule has 0 radical (unpaired) electrons. The lowest BCUT2D eigenvalue weighted by Gasteiger charge is -2.44. The molecule has 26 heavy (non-hydrogen) atoms. The fourth-order valence-electron chi connectivity index (χ4n) is 5.71. The first-order valence-corrected chi connectivity index (χ1v) is 9.48. The van der Waals surface area contributed by atoms with Crippen LogP contribution in [0.15, 0.2) is 36.4 Å². The molecule has 3 nitrogen and oxygen atoms in total. The van der Waals surface area contributed by atoms with Gasteiger partial charge < -0.3 is 15.2 Å². The minimum absolute atomic E-state index is 0.190. The van der Waals surface area contributed by atoms with Crippen molar-refractivity contribution in [1.82, 2.24) is 0 Å². The summed E-state index contributed by atoms with van der Waals surface area (Å²) in [7, 11) is 0. The molecule has 1 N–H and O–H groups in total. The summed E-state index contributed by atoms with van der Waals surface area (Å²) < 4.78 is 14.7. The van der Waals surface area contributed by atoms with Crippen molar-refractivity contribution in [3.63, 3.8) is 0 Å². The molecule has 1 heterocycles. The molecule has 2 aromatic carbocycles. The zero-order valence-corrected chi connectivity index (χ0v) is 14.8. The van der Waals surface area contributed by atoms with E-state index in [9.17, 15) is 14.3 Å². The first kappa shape index (κ1) is 16.1. The van der Waals surface area contributed by atoms with Crippen molar-refractivity contribution >= 4 is 23.3 Å². The van der Waals surface area contributed by atoms with Crippen LogP contribution in [0.2, 0.25) is 5.02 Å². The number of rotatable bonds is 2. The van der Waals surface area contributed by atoms with Gasteiger partial charge in [0, 0.05) is 16.3 Å². The van der Waals surface area contributed by atoms with Gasteiger partial charge in [-0.15, -0.1) is 0 Å². The summed E-state index contributed by atoms with van der Waals surface area (Å²) in [5, 5.41) is 15.2. The highest BCUT2D eigenvalue weighted by atomic mass is 35.5. The van der Waals surface area contributed by atoms with E-state index in [2.05, 4.69) is 5.32 Å². The summed E-state index contributed by atoms with van der Waals surface area (Å²) in [6.45, 7) is 0. The number of hydrogen-bond acceptors (Lipinski definition) is 3. The van der Waals surface area contributed by atoms with Crippen LogP contribution in [0.25, 0.3) is 0 Å². The fourth-order valence-corrected chi connectivity index (χ4v) is 5.99. The number of benzene rings is 2. The molecule has 1 aliphatic heterocycles. The minimum atomic E-state index is -1.16. The minimum Gasteiger partial charge on any atom is -0.545 e. The lowest BCUT2D eigenvalue weighted by molar-refractivity contribution is -0.255. The SMILES string of the molecule is O=C([O-])c1ccc2c(c1)[C@H]1[C@H]3CC[C@@H](C3)[C@@H]1[C@H](c1c(F)cccc1Cl)N2. The second-order valence-electron chi connectivity index (χ2n) is 7.78. The molecule has 3 aliphatic rings. The summed E-state index contributed by atoms with van der Waals surface area (Å²) in [6.07, 6.45) is 3.42. The maximum absolute atomic E-state index is 14.7. The van der Waals surface area contributed by atoms with Crippen LogP contribution in [-0.2, 0) is 0 Å². The highest BCUT2D eigenvalue weighted by Crippen LogP contribution is 2.64. The Hall–Kier alpha value is -2.07. The third-order valence-corrected chi connectivity index (χ3v) is 6.96. The van der Waals surface area contributed by atoms with E-state index < -0.39 is 5.97 Å². The molecule has 5 heteroatoms. The summed E-state index contributed by atoms with van der Waals surface area (Å²) in [6, 6.07) is 9.71. The number of carboxylic acids is 1. The third kappa shape index (κ3) is 2.21. The predicted molar refractivity (Wildman–Crippen MR) is 95.6 cm³/mol. The van der Waals surface area contributed by atoms with Crippen molar-refractivity contribution in [3.8, 4) is 0 Å². The molecule has 0 spiro atoms. The monoisotopic (exact) mass is 370 g/mol. The van der Waals surface area contributed by atoms with Gasteiger partial charge in [0.05, 0.1) is 12.0 Å². The van der Waals surface area contributed by atoms with E-state index >= 15 is 0 Å². The second kappa shape index (κ2) is 5.71. The van der Waals surface area contributed by atoms with Gasteiger partial charge in [-0.05, 0) is 78.3 Å². The molecular formula is C21H18ClFNO2-. The molecule has 2 aliphatic carbocycles. The zero-order chi connectivity index (χ0) is 18.0. The quantitative estimate of drug-likeness (QED) is 0.864. The second-order valence-corrected chi connectivity index (χ2v) is 8.19. The topological polar surface area (TPSA) is 52.2 Å². The van der Waals surface area contributed by atoms with E-state index in [0.717, 1.165) is 30.5 Å². The van der Waals surface area contributed by atoms with Gasteiger partial charge in [0.25, 0.3) is 0 Å². The van der Waals surface area contributed by atoms with E-state index in [4.69, 9.17) is 11.6 Å². The molecule has 134 valence electrons. The summed E-state index contributed by atoms with van der Waals surface area (Å²) in [5.74, 6) is 0.0598. The average Bonchev–Trinajstić information content (AvgIpc) is 3.23. The maximum atomic E-state index is 14.7. The molecule has 2 saturated carbocycles. The highest BCUT2D eigenvalue weighted by molar-refractivity contribution is 6.31. The smallest absolute Gasteiger partial charge is 0.129 e. The highest BCUT2D eigenvalue weighted by Gasteiger charge is 2.54. The predicted octanol–water partition coefficient (Wildman–Crippen LogP) is 4.14. The van der Waals surface area contributed by atoms with Crippen LogP contribution >= 0.6 is 11.6 Å². The largest absolute Gasteiger partial charge is 0.545 e. The number of hydrogen-bond donors (Lipinski definition) is 1. The van der Waals surface area contributed by atoms with Crippen molar-refractivity contribution in [2.75, 3.05) is 5.32 Å². The number of carbonyl (C=O) groups is 1. The Kier molecular flexibility index (Phi) is 3.54. The number of aromatic carboxylic acids is 1. The first-order valence-electron chi connectivity index (χ1n) is 9.10. The van der Waals surface area contributed by atoms with E-state index in [1.807, 2.05) is 0 Å². The molecule has 0 aromatic heterocycles. The van der Waals surface area contributed by atoms with Gasteiger partial charge >= 0.3 is 0 Å². The van der Waals surface area contributed by atoms with Crippen LogP contribution < -0.4 is 10.4 Å². The fraction of sp³-hybridized carbons (Fsp3) is 0.381. The van der Waals surface area contributed by atoms with Gasteiger partial charge in [0.15, 0.2) is 0 Å². The Morgan fingerprint density at radius 3 is 2.77 bits per heavy atom. The van der Waals surface area contributed by atoms with Gasteiger partial charge in [0.1, 0.15) is 5.82 Å². The van der Waals surface area contributed by atoms with Crippen LogP contribution in [0.5, 0.6) is 0 Å². The molecule has 0 unspecified atom stereocenters. The standard InChI is InChI=1S/C21H19ClFNO2/c22-14-2-1-3-15(23)19(14)20-18-11-5-4-10(8-11)17(18)13-9-12(21(25)26)6-7-16(13)24-20/h1-3,6-7,9-11,17-18,20,24H,4-5,8H2,(H,25,26)/p-1/t10-,11-,17+,18-,20+/m0/s1. The van der Waals surface area contributed by atoms with Crippen molar-refractivity contribution in [3.05, 3.63) is 63.9 Å². The summed E-state index contributed by atoms with van der Waals surface area (Å²) in [5.41, 5.74) is 2.65. The molecule has 2 bridgehead atoms. The number of nitrogens with one attached hydrogen (secondary N) is 1. The van der Waals surface area contributed by atoms with E-state index in [0.29, 0.717) is 22.4 Å². The number of carbonyl (C=O) groups excluding carboxylic acids is 1. The van der Waals surface area contributed by atoms with Gasteiger partial charge in [-0.1, -0.05) is 23.7 Å². The summed E-state index contributed by atoms with van der Waals surface area (Å²) in [4.78, 5) is 11.3. The number of carboxylic acid groups (broad SMARTS) is 1. The van der Waals surface area contributed by atoms with Crippen LogP contribution in [-0.4, -0.2) is 5.97 Å².